The highest BCUT2D eigenvalue weighted by Crippen LogP contribution is 2.31. The van der Waals surface area contributed by atoms with Crippen molar-refractivity contribution in [3.63, 3.8) is 0 Å². The Kier molecular flexibility index (Phi) is 6.25. The summed E-state index contributed by atoms with van der Waals surface area (Å²) in [4.78, 5) is 14.1. The molecule has 164 valence electrons. The van der Waals surface area contributed by atoms with E-state index in [0.29, 0.717) is 6.54 Å². The van der Waals surface area contributed by atoms with Crippen LogP contribution in [0.3, 0.4) is 0 Å². The molecule has 8 heteroatoms. The fraction of sp³-hybridized carbons (Fsp3) is 0.292. The number of ether oxygens (including phenoxy) is 1. The maximum Gasteiger partial charge on any atom is 0.237 e. The molecule has 1 N–H and O–H groups in total. The Hall–Kier alpha value is -2.68. The van der Waals surface area contributed by atoms with Crippen molar-refractivity contribution in [3.8, 4) is 10.7 Å². The van der Waals surface area contributed by atoms with E-state index in [4.69, 9.17) is 4.74 Å². The number of hydrogen-bond donors (Lipinski definition) is 1. The average molecular weight is 465 g/mol. The molecule has 1 aliphatic rings. The van der Waals surface area contributed by atoms with Gasteiger partial charge in [0.2, 0.25) is 5.91 Å². The van der Waals surface area contributed by atoms with Gasteiger partial charge in [-0.3, -0.25) is 9.36 Å². The number of aromatic nitrogens is 3. The molecule has 6 nitrogen and oxygen atoms in total. The minimum atomic E-state index is -0.336. The Morgan fingerprint density at radius 2 is 2.09 bits per heavy atom. The van der Waals surface area contributed by atoms with Crippen LogP contribution in [0.5, 0.6) is 0 Å². The number of thioether (sulfide) groups is 1. The minimum absolute atomic E-state index is 0.0595. The third-order valence-electron chi connectivity index (χ3n) is 5.57. The van der Waals surface area contributed by atoms with Crippen LogP contribution in [-0.2, 0) is 16.1 Å². The maximum atomic E-state index is 13.0. The summed E-state index contributed by atoms with van der Waals surface area (Å²) in [6, 6.07) is 18.0. The van der Waals surface area contributed by atoms with Gasteiger partial charge in [-0.2, -0.15) is 0 Å². The van der Waals surface area contributed by atoms with Crippen LogP contribution in [0.2, 0.25) is 0 Å². The Balaban J connectivity index is 1.36. The summed E-state index contributed by atoms with van der Waals surface area (Å²) < 4.78 is 7.97. The van der Waals surface area contributed by atoms with Gasteiger partial charge in [-0.1, -0.05) is 54.2 Å². The lowest BCUT2D eigenvalue weighted by Gasteiger charge is -2.16. The molecule has 4 aromatic rings. The van der Waals surface area contributed by atoms with Gasteiger partial charge >= 0.3 is 0 Å². The number of carbonyl (C=O) groups excluding carboxylic acids is 1. The quantitative estimate of drug-likeness (QED) is 0.368. The van der Waals surface area contributed by atoms with Crippen LogP contribution >= 0.6 is 23.1 Å². The van der Waals surface area contributed by atoms with Crippen LogP contribution in [0.25, 0.3) is 21.5 Å². The Morgan fingerprint density at radius 3 is 2.91 bits per heavy atom. The molecule has 0 saturated carbocycles. The van der Waals surface area contributed by atoms with Gasteiger partial charge in [0.1, 0.15) is 0 Å². The van der Waals surface area contributed by atoms with E-state index in [1.165, 1.54) is 11.8 Å². The predicted molar refractivity (Wildman–Crippen MR) is 130 cm³/mol. The third-order valence-corrected chi connectivity index (χ3v) is 7.51. The van der Waals surface area contributed by atoms with Gasteiger partial charge < -0.3 is 10.1 Å². The van der Waals surface area contributed by atoms with Crippen LogP contribution in [0.15, 0.2) is 65.1 Å². The number of hydrogen-bond acceptors (Lipinski definition) is 6. The molecule has 1 amide bonds. The zero-order valence-electron chi connectivity index (χ0n) is 17.7. The fourth-order valence-electron chi connectivity index (χ4n) is 3.90. The van der Waals surface area contributed by atoms with E-state index in [9.17, 15) is 4.79 Å². The van der Waals surface area contributed by atoms with Crippen LogP contribution in [0, 0.1) is 0 Å². The largest absolute Gasteiger partial charge is 0.376 e. The summed E-state index contributed by atoms with van der Waals surface area (Å²) in [5, 5.41) is 16.6. The highest BCUT2D eigenvalue weighted by atomic mass is 32.2. The van der Waals surface area contributed by atoms with Crippen molar-refractivity contribution in [2.45, 2.75) is 42.8 Å². The lowest BCUT2D eigenvalue weighted by Crippen LogP contribution is -2.23. The second kappa shape index (κ2) is 9.44. The normalized spacial score (nSPS) is 17.0. The summed E-state index contributed by atoms with van der Waals surface area (Å²) >= 11 is 3.07. The first-order valence-corrected chi connectivity index (χ1v) is 12.5. The van der Waals surface area contributed by atoms with Gasteiger partial charge in [-0.05, 0) is 42.7 Å². The number of nitrogens with one attached hydrogen (secondary N) is 1. The fourth-order valence-corrected chi connectivity index (χ4v) is 5.48. The van der Waals surface area contributed by atoms with E-state index in [-0.39, 0.29) is 17.3 Å². The molecule has 5 rings (SSSR count). The van der Waals surface area contributed by atoms with Gasteiger partial charge in [-0.15, -0.1) is 21.5 Å². The van der Waals surface area contributed by atoms with Crippen LogP contribution in [0.4, 0.5) is 5.69 Å². The number of fused-ring (bicyclic) bond motifs is 1. The molecule has 1 aliphatic heterocycles. The molecular weight excluding hydrogens is 440 g/mol. The van der Waals surface area contributed by atoms with E-state index in [1.807, 2.05) is 66.9 Å². The molecule has 0 radical (unpaired) electrons. The lowest BCUT2D eigenvalue weighted by molar-refractivity contribution is -0.115. The van der Waals surface area contributed by atoms with Crippen molar-refractivity contribution in [2.75, 3.05) is 11.9 Å². The molecule has 3 heterocycles. The Labute approximate surface area is 195 Å². The van der Waals surface area contributed by atoms with Gasteiger partial charge in [-0.25, -0.2) is 0 Å². The van der Waals surface area contributed by atoms with Crippen molar-refractivity contribution in [1.29, 1.82) is 0 Å². The first kappa shape index (κ1) is 21.2. The molecular formula is C24H24N4O2S2. The summed E-state index contributed by atoms with van der Waals surface area (Å²) in [7, 11) is 0. The van der Waals surface area contributed by atoms with E-state index in [2.05, 4.69) is 20.1 Å². The second-order valence-corrected chi connectivity index (χ2v) is 10.1. The van der Waals surface area contributed by atoms with Crippen LogP contribution in [0.1, 0.15) is 19.8 Å². The monoisotopic (exact) mass is 464 g/mol. The molecule has 0 bridgehead atoms. The van der Waals surface area contributed by atoms with Crippen molar-refractivity contribution >= 4 is 45.5 Å². The van der Waals surface area contributed by atoms with E-state index >= 15 is 0 Å². The summed E-state index contributed by atoms with van der Waals surface area (Å²) in [5.41, 5.74) is 0.820. The molecule has 2 atom stereocenters. The SMILES string of the molecule is CC(Sc1nnc(-c2cccs2)n1CC1CCCO1)C(=O)Nc1cccc2ccccc12. The lowest BCUT2D eigenvalue weighted by atomic mass is 10.1. The number of amides is 1. The van der Waals surface area contributed by atoms with Crippen molar-refractivity contribution in [3.05, 3.63) is 60.0 Å². The highest BCUT2D eigenvalue weighted by Gasteiger charge is 2.25. The van der Waals surface area contributed by atoms with Crippen molar-refractivity contribution in [1.82, 2.24) is 14.8 Å². The Morgan fingerprint density at radius 1 is 1.22 bits per heavy atom. The molecule has 0 aliphatic carbocycles. The molecule has 1 fully saturated rings. The van der Waals surface area contributed by atoms with Crippen molar-refractivity contribution in [2.24, 2.45) is 0 Å². The number of thiophene rings is 1. The topological polar surface area (TPSA) is 69.0 Å². The number of carbonyl (C=O) groups is 1. The Bertz CT molecular complexity index is 1210. The number of nitrogens with zero attached hydrogens (tertiary/aromatic N) is 3. The number of benzene rings is 2. The zero-order chi connectivity index (χ0) is 21.9. The average Bonchev–Trinajstić information content (AvgIpc) is 3.57. The highest BCUT2D eigenvalue weighted by molar-refractivity contribution is 8.00. The predicted octanol–water partition coefficient (Wildman–Crippen LogP) is 5.46. The molecule has 1 saturated heterocycles. The van der Waals surface area contributed by atoms with Crippen LogP contribution in [-0.4, -0.2) is 38.6 Å². The molecule has 32 heavy (non-hydrogen) atoms. The minimum Gasteiger partial charge on any atom is -0.376 e. The standard InChI is InChI=1S/C24H24N4O2S2/c1-16(23(29)25-20-11-4-8-17-7-2-3-10-19(17)20)32-24-27-26-22(21-12-6-14-31-21)28(24)15-18-9-5-13-30-18/h2-4,6-8,10-12,14,16,18H,5,9,13,15H2,1H3,(H,25,29). The van der Waals surface area contributed by atoms with Gasteiger partial charge in [0.15, 0.2) is 11.0 Å². The van der Waals surface area contributed by atoms with E-state index in [1.54, 1.807) is 11.3 Å². The maximum absolute atomic E-state index is 13.0. The molecule has 2 aromatic heterocycles. The first-order valence-electron chi connectivity index (χ1n) is 10.7. The molecule has 2 unspecified atom stereocenters. The first-order chi connectivity index (χ1) is 15.7. The van der Waals surface area contributed by atoms with Gasteiger partial charge in [0.05, 0.1) is 22.8 Å². The van der Waals surface area contributed by atoms with Gasteiger partial charge in [0.25, 0.3) is 0 Å². The van der Waals surface area contributed by atoms with E-state index in [0.717, 1.165) is 51.8 Å². The summed E-state index contributed by atoms with van der Waals surface area (Å²) in [5.74, 6) is 0.773. The van der Waals surface area contributed by atoms with Gasteiger partial charge in [0, 0.05) is 17.7 Å². The van der Waals surface area contributed by atoms with Crippen molar-refractivity contribution < 1.29 is 9.53 Å². The van der Waals surface area contributed by atoms with Crippen LogP contribution < -0.4 is 5.32 Å². The number of anilines is 1. The number of rotatable bonds is 7. The summed E-state index contributed by atoms with van der Waals surface area (Å²) in [6.07, 6.45) is 2.26. The molecule has 0 spiro atoms. The third kappa shape index (κ3) is 4.44. The summed E-state index contributed by atoms with van der Waals surface area (Å²) in [6.45, 7) is 3.40. The molecule has 2 aromatic carbocycles. The zero-order valence-corrected chi connectivity index (χ0v) is 19.4. The second-order valence-electron chi connectivity index (χ2n) is 7.81. The van der Waals surface area contributed by atoms with E-state index < -0.39 is 0 Å². The smallest absolute Gasteiger partial charge is 0.237 e.